The van der Waals surface area contributed by atoms with Gasteiger partial charge in [-0.3, -0.25) is 9.48 Å². The molecule has 0 aliphatic carbocycles. The highest BCUT2D eigenvalue weighted by Crippen LogP contribution is 2.25. The highest BCUT2D eigenvalue weighted by molar-refractivity contribution is 6.32. The van der Waals surface area contributed by atoms with E-state index in [2.05, 4.69) is 15.5 Å². The quantitative estimate of drug-likeness (QED) is 0.374. The third kappa shape index (κ3) is 5.02. The van der Waals surface area contributed by atoms with E-state index in [0.717, 1.165) is 0 Å². The molecule has 7 nitrogen and oxygen atoms in total. The van der Waals surface area contributed by atoms with Crippen LogP contribution < -0.4 is 10.1 Å². The van der Waals surface area contributed by atoms with Crippen LogP contribution in [0.2, 0.25) is 10.0 Å². The van der Waals surface area contributed by atoms with Crippen LogP contribution >= 0.6 is 23.2 Å². The molecule has 0 radical (unpaired) electrons. The molecular formula is C23H20Cl2FN5O2. The summed E-state index contributed by atoms with van der Waals surface area (Å²) in [7, 11) is 0. The molecule has 0 spiro atoms. The molecule has 1 amide bonds. The van der Waals surface area contributed by atoms with E-state index in [1.165, 1.54) is 10.7 Å². The Morgan fingerprint density at radius 1 is 1.06 bits per heavy atom. The van der Waals surface area contributed by atoms with Crippen molar-refractivity contribution >= 4 is 34.8 Å². The van der Waals surface area contributed by atoms with Gasteiger partial charge in [0.1, 0.15) is 11.6 Å². The van der Waals surface area contributed by atoms with Gasteiger partial charge in [-0.05, 0) is 44.2 Å². The summed E-state index contributed by atoms with van der Waals surface area (Å²) in [5, 5.41) is 12.3. The van der Waals surface area contributed by atoms with E-state index >= 15 is 0 Å². The molecule has 1 N–H and O–H groups in total. The average Bonchev–Trinajstić information content (AvgIpc) is 3.36. The molecule has 33 heavy (non-hydrogen) atoms. The van der Waals surface area contributed by atoms with Gasteiger partial charge in [0.2, 0.25) is 0 Å². The number of anilines is 1. The lowest BCUT2D eigenvalue weighted by Crippen LogP contribution is -2.15. The number of rotatable bonds is 7. The normalized spacial score (nSPS) is 10.9. The molecule has 2 aromatic heterocycles. The maximum Gasteiger partial charge on any atom is 0.276 e. The number of nitrogens with zero attached hydrogens (tertiary/aromatic N) is 4. The number of halogens is 3. The minimum atomic E-state index is -0.412. The van der Waals surface area contributed by atoms with Gasteiger partial charge in [0.15, 0.2) is 12.4 Å². The Hall–Kier alpha value is -3.36. The summed E-state index contributed by atoms with van der Waals surface area (Å²) in [6, 6.07) is 13.2. The lowest BCUT2D eigenvalue weighted by atomic mass is 10.2. The fraction of sp³-hybridized carbons (Fsp3) is 0.174. The summed E-state index contributed by atoms with van der Waals surface area (Å²) in [5.74, 6) is -0.291. The summed E-state index contributed by atoms with van der Waals surface area (Å²) in [6.45, 7) is 3.79. The Morgan fingerprint density at radius 2 is 1.82 bits per heavy atom. The van der Waals surface area contributed by atoms with Crippen LogP contribution in [0.4, 0.5) is 10.1 Å². The number of ether oxygens (including phenoxy) is 1. The Kier molecular flexibility index (Phi) is 6.67. The van der Waals surface area contributed by atoms with Crippen LogP contribution in [0.25, 0.3) is 0 Å². The van der Waals surface area contributed by atoms with E-state index in [1.54, 1.807) is 55.1 Å². The largest absolute Gasteiger partial charge is 0.470 e. The molecule has 4 aromatic rings. The molecule has 0 aliphatic heterocycles. The number of para-hydroxylation sites is 1. The number of benzene rings is 2. The lowest BCUT2D eigenvalue weighted by molar-refractivity contribution is 0.102. The molecule has 0 unspecified atom stereocenters. The lowest BCUT2D eigenvalue weighted by Gasteiger charge is -2.09. The SMILES string of the molecule is Cc1nn(Cc2c(F)cccc2Cl)c(C)c1NC(=O)c1ccn(COc2ccccc2Cl)n1. The first-order valence-electron chi connectivity index (χ1n) is 10.0. The second-order valence-corrected chi connectivity index (χ2v) is 8.12. The smallest absolute Gasteiger partial charge is 0.276 e. The minimum Gasteiger partial charge on any atom is -0.470 e. The van der Waals surface area contributed by atoms with E-state index in [9.17, 15) is 9.18 Å². The summed E-state index contributed by atoms with van der Waals surface area (Å²) in [6.07, 6.45) is 1.63. The zero-order valence-corrected chi connectivity index (χ0v) is 19.4. The van der Waals surface area contributed by atoms with Crippen LogP contribution in [0.5, 0.6) is 5.75 Å². The highest BCUT2D eigenvalue weighted by Gasteiger charge is 2.18. The molecule has 0 saturated carbocycles. The van der Waals surface area contributed by atoms with Crippen molar-refractivity contribution in [3.63, 3.8) is 0 Å². The molecule has 0 atom stereocenters. The molecule has 2 heterocycles. The van der Waals surface area contributed by atoms with Gasteiger partial charge in [0.05, 0.1) is 28.6 Å². The number of amides is 1. The van der Waals surface area contributed by atoms with Crippen molar-refractivity contribution in [2.24, 2.45) is 0 Å². The van der Waals surface area contributed by atoms with Crippen molar-refractivity contribution in [2.45, 2.75) is 27.1 Å². The molecule has 0 saturated heterocycles. The van der Waals surface area contributed by atoms with Crippen molar-refractivity contribution in [1.29, 1.82) is 0 Å². The summed E-state index contributed by atoms with van der Waals surface area (Å²) in [4.78, 5) is 12.8. The van der Waals surface area contributed by atoms with Gasteiger partial charge < -0.3 is 10.1 Å². The molecule has 4 rings (SSSR count). The van der Waals surface area contributed by atoms with Crippen molar-refractivity contribution in [3.8, 4) is 5.75 Å². The number of carbonyl (C=O) groups is 1. The van der Waals surface area contributed by atoms with Crippen molar-refractivity contribution in [1.82, 2.24) is 19.6 Å². The van der Waals surface area contributed by atoms with Crippen molar-refractivity contribution < 1.29 is 13.9 Å². The molecule has 0 fully saturated rings. The predicted octanol–water partition coefficient (Wildman–Crippen LogP) is 5.48. The summed E-state index contributed by atoms with van der Waals surface area (Å²) in [5.41, 5.74) is 2.34. The average molecular weight is 488 g/mol. The van der Waals surface area contributed by atoms with E-state index in [-0.39, 0.29) is 19.0 Å². The minimum absolute atomic E-state index is 0.0937. The number of aryl methyl sites for hydroxylation is 1. The number of hydrogen-bond acceptors (Lipinski definition) is 4. The zero-order chi connectivity index (χ0) is 23.5. The van der Waals surface area contributed by atoms with Crippen LogP contribution in [0.15, 0.2) is 54.7 Å². The molecule has 10 heteroatoms. The Morgan fingerprint density at radius 3 is 2.58 bits per heavy atom. The Bertz CT molecular complexity index is 1300. The standard InChI is InChI=1S/C23H20Cl2FN5O2/c1-14-22(15(2)31(28-14)12-16-17(24)7-5-8-19(16)26)27-23(32)20-10-11-30(29-20)13-33-21-9-4-3-6-18(21)25/h3-11H,12-13H2,1-2H3,(H,27,32). The number of aromatic nitrogens is 4. The second kappa shape index (κ2) is 9.64. The van der Waals surface area contributed by atoms with Gasteiger partial charge in [-0.15, -0.1) is 0 Å². The van der Waals surface area contributed by atoms with Crippen molar-refractivity contribution in [2.75, 3.05) is 5.32 Å². The van der Waals surface area contributed by atoms with Gasteiger partial charge in [-0.25, -0.2) is 9.07 Å². The number of carbonyl (C=O) groups excluding carboxylic acids is 1. The van der Waals surface area contributed by atoms with E-state index in [1.807, 2.05) is 12.1 Å². The fourth-order valence-corrected chi connectivity index (χ4v) is 3.71. The Balaban J connectivity index is 1.45. The summed E-state index contributed by atoms with van der Waals surface area (Å²) >= 11 is 12.2. The molecular weight excluding hydrogens is 468 g/mol. The first-order chi connectivity index (χ1) is 15.8. The van der Waals surface area contributed by atoms with Crippen LogP contribution in [-0.2, 0) is 13.3 Å². The molecule has 170 valence electrons. The van der Waals surface area contributed by atoms with Crippen LogP contribution in [0.1, 0.15) is 27.4 Å². The third-order valence-electron chi connectivity index (χ3n) is 5.05. The van der Waals surface area contributed by atoms with Gasteiger partial charge in [0, 0.05) is 16.8 Å². The molecule has 2 aromatic carbocycles. The fourth-order valence-electron chi connectivity index (χ4n) is 3.29. The van der Waals surface area contributed by atoms with E-state index in [4.69, 9.17) is 27.9 Å². The first-order valence-corrected chi connectivity index (χ1v) is 10.8. The second-order valence-electron chi connectivity index (χ2n) is 7.30. The molecule has 0 aliphatic rings. The third-order valence-corrected chi connectivity index (χ3v) is 5.72. The summed E-state index contributed by atoms with van der Waals surface area (Å²) < 4.78 is 22.9. The maximum absolute atomic E-state index is 14.2. The monoisotopic (exact) mass is 487 g/mol. The highest BCUT2D eigenvalue weighted by atomic mass is 35.5. The van der Waals surface area contributed by atoms with E-state index in [0.29, 0.717) is 38.4 Å². The molecule has 0 bridgehead atoms. The van der Waals surface area contributed by atoms with Crippen LogP contribution in [0.3, 0.4) is 0 Å². The van der Waals surface area contributed by atoms with Gasteiger partial charge in [-0.1, -0.05) is 41.4 Å². The van der Waals surface area contributed by atoms with Crippen molar-refractivity contribution in [3.05, 3.63) is 93.2 Å². The number of hydrogen-bond donors (Lipinski definition) is 1. The Labute approximate surface area is 199 Å². The van der Waals surface area contributed by atoms with E-state index < -0.39 is 11.7 Å². The zero-order valence-electron chi connectivity index (χ0n) is 17.8. The van der Waals surface area contributed by atoms with Gasteiger partial charge in [-0.2, -0.15) is 10.2 Å². The van der Waals surface area contributed by atoms with Gasteiger partial charge in [0.25, 0.3) is 5.91 Å². The van der Waals surface area contributed by atoms with Crippen LogP contribution in [0, 0.1) is 19.7 Å². The first kappa shape index (κ1) is 22.8. The van der Waals surface area contributed by atoms with Crippen LogP contribution in [-0.4, -0.2) is 25.5 Å². The topological polar surface area (TPSA) is 74.0 Å². The number of nitrogens with one attached hydrogen (secondary N) is 1. The maximum atomic E-state index is 14.2. The van der Waals surface area contributed by atoms with Gasteiger partial charge >= 0.3 is 0 Å². The predicted molar refractivity (Wildman–Crippen MR) is 124 cm³/mol.